The summed E-state index contributed by atoms with van der Waals surface area (Å²) in [4.78, 5) is 0. The summed E-state index contributed by atoms with van der Waals surface area (Å²) in [6.07, 6.45) is 3.93. The van der Waals surface area contributed by atoms with Crippen LogP contribution in [0.5, 0.6) is 0 Å². The van der Waals surface area contributed by atoms with Crippen LogP contribution in [0.1, 0.15) is 18.5 Å². The number of aromatic nitrogens is 2. The molecule has 2 N–H and O–H groups in total. The summed E-state index contributed by atoms with van der Waals surface area (Å²) in [5, 5.41) is 4.32. The van der Waals surface area contributed by atoms with Crippen molar-refractivity contribution in [2.45, 2.75) is 19.9 Å². The number of hydrogen-bond donors (Lipinski definition) is 1. The van der Waals surface area contributed by atoms with E-state index in [0.29, 0.717) is 6.54 Å². The smallest absolute Gasteiger partial charge is 0.0613 e. The van der Waals surface area contributed by atoms with E-state index in [1.165, 1.54) is 11.1 Å². The molecule has 0 bridgehead atoms. The zero-order chi connectivity index (χ0) is 11.5. The lowest BCUT2D eigenvalue weighted by Gasteiger charge is -2.07. The van der Waals surface area contributed by atoms with Gasteiger partial charge < -0.3 is 5.73 Å². The molecule has 0 saturated carbocycles. The van der Waals surface area contributed by atoms with Crippen LogP contribution < -0.4 is 5.73 Å². The topological polar surface area (TPSA) is 43.8 Å². The van der Waals surface area contributed by atoms with E-state index in [2.05, 4.69) is 43.2 Å². The lowest BCUT2D eigenvalue weighted by molar-refractivity contribution is 0.501. The van der Waals surface area contributed by atoms with E-state index in [-0.39, 0.29) is 6.04 Å². The van der Waals surface area contributed by atoms with Gasteiger partial charge >= 0.3 is 0 Å². The van der Waals surface area contributed by atoms with Gasteiger partial charge in [0.05, 0.1) is 12.2 Å². The van der Waals surface area contributed by atoms with Crippen LogP contribution in [0.2, 0.25) is 0 Å². The first kappa shape index (κ1) is 10.9. The van der Waals surface area contributed by atoms with Crippen LogP contribution in [0.3, 0.4) is 0 Å². The summed E-state index contributed by atoms with van der Waals surface area (Å²) in [6.45, 7) is 4.75. The normalized spacial score (nSPS) is 12.7. The molecule has 0 aliphatic carbocycles. The fraction of sp³-hybridized carbons (Fsp3) is 0.308. The first-order valence-corrected chi connectivity index (χ1v) is 5.52. The second-order valence-electron chi connectivity index (χ2n) is 4.16. The maximum atomic E-state index is 5.61. The van der Waals surface area contributed by atoms with E-state index < -0.39 is 0 Å². The Morgan fingerprint density at radius 3 is 2.56 bits per heavy atom. The third kappa shape index (κ3) is 2.14. The second kappa shape index (κ2) is 4.49. The predicted octanol–water partition coefficient (Wildman–Crippen LogP) is 2.38. The molecule has 2 rings (SSSR count). The maximum Gasteiger partial charge on any atom is 0.0613 e. The van der Waals surface area contributed by atoms with Crippen LogP contribution in [0.25, 0.3) is 11.1 Å². The Hall–Kier alpha value is -1.61. The monoisotopic (exact) mass is 215 g/mol. The minimum absolute atomic E-state index is 0.249. The van der Waals surface area contributed by atoms with Crippen LogP contribution in [0.15, 0.2) is 36.7 Å². The van der Waals surface area contributed by atoms with Crippen LogP contribution in [0, 0.1) is 6.92 Å². The number of hydrogen-bond acceptors (Lipinski definition) is 2. The largest absolute Gasteiger partial charge is 0.328 e. The van der Waals surface area contributed by atoms with Crippen LogP contribution in [0.4, 0.5) is 0 Å². The Bertz CT molecular complexity index is 456. The highest BCUT2D eigenvalue weighted by Gasteiger charge is 2.05. The summed E-state index contributed by atoms with van der Waals surface area (Å²) < 4.78 is 1.91. The Balaban J connectivity index is 2.28. The van der Waals surface area contributed by atoms with E-state index >= 15 is 0 Å². The average Bonchev–Trinajstić information content (AvgIpc) is 2.78. The molecule has 1 aromatic carbocycles. The predicted molar refractivity (Wildman–Crippen MR) is 66.2 cm³/mol. The molecule has 3 nitrogen and oxygen atoms in total. The van der Waals surface area contributed by atoms with Crippen molar-refractivity contribution in [3.63, 3.8) is 0 Å². The molecular formula is C13H17N3. The summed E-state index contributed by atoms with van der Waals surface area (Å²) in [7, 11) is 0. The molecular weight excluding hydrogens is 198 g/mol. The number of aryl methyl sites for hydroxylation is 1. The van der Waals surface area contributed by atoms with Crippen molar-refractivity contribution in [1.29, 1.82) is 0 Å². The van der Waals surface area contributed by atoms with E-state index in [1.807, 2.05) is 17.1 Å². The highest BCUT2D eigenvalue weighted by molar-refractivity contribution is 5.61. The van der Waals surface area contributed by atoms with Crippen LogP contribution >= 0.6 is 0 Å². The minimum atomic E-state index is 0.249. The number of nitrogens with zero attached hydrogens (tertiary/aromatic N) is 2. The van der Waals surface area contributed by atoms with Crippen molar-refractivity contribution in [3.8, 4) is 11.1 Å². The number of rotatable bonds is 3. The summed E-state index contributed by atoms with van der Waals surface area (Å²) in [6, 6.07) is 8.70. The van der Waals surface area contributed by atoms with Crippen molar-refractivity contribution in [1.82, 2.24) is 9.78 Å². The number of nitrogens with two attached hydrogens (primary N) is 1. The molecule has 1 atom stereocenters. The van der Waals surface area contributed by atoms with E-state index in [9.17, 15) is 0 Å². The summed E-state index contributed by atoms with van der Waals surface area (Å²) >= 11 is 0. The molecule has 0 fully saturated rings. The Morgan fingerprint density at radius 1 is 1.25 bits per heavy atom. The molecule has 0 aliphatic heterocycles. The van der Waals surface area contributed by atoms with Gasteiger partial charge in [0.15, 0.2) is 0 Å². The van der Waals surface area contributed by atoms with Gasteiger partial charge in [-0.3, -0.25) is 4.68 Å². The summed E-state index contributed by atoms with van der Waals surface area (Å²) in [5.41, 5.74) is 9.22. The van der Waals surface area contributed by atoms with Gasteiger partial charge in [0.25, 0.3) is 0 Å². The van der Waals surface area contributed by atoms with E-state index in [0.717, 1.165) is 5.56 Å². The molecule has 16 heavy (non-hydrogen) atoms. The SMILES string of the molecule is Cc1ccc(-c2cnn(C(C)CN)c2)cc1. The van der Waals surface area contributed by atoms with Crippen molar-refractivity contribution >= 4 is 0 Å². The van der Waals surface area contributed by atoms with E-state index in [4.69, 9.17) is 5.73 Å². The molecule has 0 amide bonds. The third-order valence-electron chi connectivity index (χ3n) is 2.78. The van der Waals surface area contributed by atoms with Crippen molar-refractivity contribution < 1.29 is 0 Å². The maximum absolute atomic E-state index is 5.61. The fourth-order valence-electron chi connectivity index (χ4n) is 1.58. The average molecular weight is 215 g/mol. The van der Waals surface area contributed by atoms with Gasteiger partial charge in [0.2, 0.25) is 0 Å². The molecule has 0 spiro atoms. The lowest BCUT2D eigenvalue weighted by Crippen LogP contribution is -2.16. The van der Waals surface area contributed by atoms with Gasteiger partial charge in [-0.15, -0.1) is 0 Å². The molecule has 1 unspecified atom stereocenters. The van der Waals surface area contributed by atoms with Gasteiger partial charge in [0, 0.05) is 18.3 Å². The van der Waals surface area contributed by atoms with Crippen LogP contribution in [-0.4, -0.2) is 16.3 Å². The summed E-state index contributed by atoms with van der Waals surface area (Å²) in [5.74, 6) is 0. The number of benzene rings is 1. The Labute approximate surface area is 95.9 Å². The molecule has 1 aromatic heterocycles. The van der Waals surface area contributed by atoms with Crippen LogP contribution in [-0.2, 0) is 0 Å². The highest BCUT2D eigenvalue weighted by Crippen LogP contribution is 2.20. The first-order chi connectivity index (χ1) is 7.70. The fourth-order valence-corrected chi connectivity index (χ4v) is 1.58. The zero-order valence-electron chi connectivity index (χ0n) is 9.72. The molecule has 3 heteroatoms. The first-order valence-electron chi connectivity index (χ1n) is 5.52. The highest BCUT2D eigenvalue weighted by atomic mass is 15.3. The van der Waals surface area contributed by atoms with Gasteiger partial charge in [-0.1, -0.05) is 29.8 Å². The van der Waals surface area contributed by atoms with Crippen molar-refractivity contribution in [3.05, 3.63) is 42.2 Å². The zero-order valence-corrected chi connectivity index (χ0v) is 9.72. The third-order valence-corrected chi connectivity index (χ3v) is 2.78. The van der Waals surface area contributed by atoms with Gasteiger partial charge in [0.1, 0.15) is 0 Å². The standard InChI is InChI=1S/C13H17N3/c1-10-3-5-12(6-4-10)13-8-15-16(9-13)11(2)7-14/h3-6,8-9,11H,7,14H2,1-2H3. The lowest BCUT2D eigenvalue weighted by atomic mass is 10.1. The quantitative estimate of drug-likeness (QED) is 0.854. The molecule has 0 saturated heterocycles. The minimum Gasteiger partial charge on any atom is -0.328 e. The Morgan fingerprint density at radius 2 is 1.94 bits per heavy atom. The Kier molecular flexibility index (Phi) is 3.06. The van der Waals surface area contributed by atoms with Gasteiger partial charge in [-0.05, 0) is 19.4 Å². The van der Waals surface area contributed by atoms with Gasteiger partial charge in [-0.25, -0.2) is 0 Å². The van der Waals surface area contributed by atoms with E-state index in [1.54, 1.807) is 0 Å². The molecule has 2 aromatic rings. The molecule has 84 valence electrons. The second-order valence-corrected chi connectivity index (χ2v) is 4.16. The van der Waals surface area contributed by atoms with Crippen molar-refractivity contribution in [2.75, 3.05) is 6.54 Å². The van der Waals surface area contributed by atoms with Gasteiger partial charge in [-0.2, -0.15) is 5.10 Å². The van der Waals surface area contributed by atoms with Crippen molar-refractivity contribution in [2.24, 2.45) is 5.73 Å². The molecule has 1 heterocycles. The molecule has 0 aliphatic rings. The molecule has 0 radical (unpaired) electrons.